The number of hydrogen-bond acceptors (Lipinski definition) is 6. The van der Waals surface area contributed by atoms with Gasteiger partial charge in [0, 0.05) is 35.5 Å². The number of ether oxygens (including phenoxy) is 1. The Morgan fingerprint density at radius 1 is 1.11 bits per heavy atom. The third-order valence-electron chi connectivity index (χ3n) is 4.21. The summed E-state index contributed by atoms with van der Waals surface area (Å²) in [7, 11) is 1.60. The zero-order chi connectivity index (χ0) is 19.0. The summed E-state index contributed by atoms with van der Waals surface area (Å²) in [5.41, 5.74) is 2.81. The van der Waals surface area contributed by atoms with E-state index in [4.69, 9.17) is 4.74 Å². The van der Waals surface area contributed by atoms with Crippen molar-refractivity contribution in [1.82, 2.24) is 14.6 Å². The van der Waals surface area contributed by atoms with Crippen LogP contribution in [0.5, 0.6) is 11.5 Å². The molecule has 0 atom stereocenters. The van der Waals surface area contributed by atoms with E-state index in [-0.39, 0.29) is 11.4 Å². The van der Waals surface area contributed by atoms with Crippen molar-refractivity contribution in [3.8, 4) is 34.0 Å². The number of phenols is 1. The van der Waals surface area contributed by atoms with E-state index >= 15 is 0 Å². The van der Waals surface area contributed by atoms with Gasteiger partial charge in [-0.2, -0.15) is 5.10 Å². The molecule has 0 spiro atoms. The number of benzene rings is 2. The summed E-state index contributed by atoms with van der Waals surface area (Å²) >= 11 is 0. The molecule has 2 aromatic heterocycles. The van der Waals surface area contributed by atoms with Gasteiger partial charge < -0.3 is 9.84 Å². The molecule has 0 fully saturated rings. The molecule has 0 radical (unpaired) electrons. The number of nitro groups is 1. The maximum absolute atomic E-state index is 11.1. The average Bonchev–Trinajstić information content (AvgIpc) is 3.12. The molecule has 8 heteroatoms. The molecule has 27 heavy (non-hydrogen) atoms. The molecule has 0 bridgehead atoms. The normalized spacial score (nSPS) is 10.9. The molecule has 0 saturated carbocycles. The maximum Gasteiger partial charge on any atom is 0.270 e. The summed E-state index contributed by atoms with van der Waals surface area (Å²) in [4.78, 5) is 14.9. The number of methoxy groups -OCH3 is 1. The van der Waals surface area contributed by atoms with Gasteiger partial charge in [0.1, 0.15) is 11.5 Å². The third-order valence-corrected chi connectivity index (χ3v) is 4.21. The molecule has 2 heterocycles. The quantitative estimate of drug-likeness (QED) is 0.439. The second-order valence-electron chi connectivity index (χ2n) is 5.82. The van der Waals surface area contributed by atoms with Crippen molar-refractivity contribution in [1.29, 1.82) is 0 Å². The van der Waals surface area contributed by atoms with Crippen molar-refractivity contribution in [3.63, 3.8) is 0 Å². The maximum atomic E-state index is 11.1. The fourth-order valence-electron chi connectivity index (χ4n) is 2.84. The molecule has 4 aromatic rings. The number of fused-ring (bicyclic) bond motifs is 1. The van der Waals surface area contributed by atoms with Crippen molar-refractivity contribution in [2.24, 2.45) is 0 Å². The standard InChI is InChI=1S/C19H14N4O4/c1-27-14-5-2-12(3-6-14)16-11-19-20-9-8-17(22(19)21-16)15-10-13(23(25)26)4-7-18(15)24/h2-11,24H,1H3. The molecular weight excluding hydrogens is 348 g/mol. The fourth-order valence-corrected chi connectivity index (χ4v) is 2.84. The lowest BCUT2D eigenvalue weighted by Gasteiger charge is -2.06. The highest BCUT2D eigenvalue weighted by Crippen LogP contribution is 2.33. The molecule has 0 unspecified atom stereocenters. The molecule has 8 nitrogen and oxygen atoms in total. The van der Waals surface area contributed by atoms with Crippen LogP contribution in [0, 0.1) is 10.1 Å². The minimum Gasteiger partial charge on any atom is -0.507 e. The average molecular weight is 362 g/mol. The predicted molar refractivity (Wildman–Crippen MR) is 98.7 cm³/mol. The van der Waals surface area contributed by atoms with Crippen LogP contribution in [0.2, 0.25) is 0 Å². The summed E-state index contributed by atoms with van der Waals surface area (Å²) in [5.74, 6) is 0.664. The fraction of sp³-hybridized carbons (Fsp3) is 0.0526. The number of nitro benzene ring substituents is 1. The topological polar surface area (TPSA) is 103 Å². The zero-order valence-electron chi connectivity index (χ0n) is 14.2. The van der Waals surface area contributed by atoms with Crippen molar-refractivity contribution >= 4 is 11.3 Å². The van der Waals surface area contributed by atoms with Crippen LogP contribution < -0.4 is 4.74 Å². The van der Waals surface area contributed by atoms with Crippen molar-refractivity contribution < 1.29 is 14.8 Å². The summed E-state index contributed by atoms with van der Waals surface area (Å²) in [6.45, 7) is 0. The van der Waals surface area contributed by atoms with Crippen LogP contribution in [0.3, 0.4) is 0 Å². The van der Waals surface area contributed by atoms with E-state index in [2.05, 4.69) is 10.1 Å². The van der Waals surface area contributed by atoms with Gasteiger partial charge in [0.15, 0.2) is 5.65 Å². The molecular formula is C19H14N4O4. The molecule has 0 saturated heterocycles. The minimum absolute atomic E-state index is 0.0744. The van der Waals surface area contributed by atoms with Crippen molar-refractivity contribution in [2.75, 3.05) is 7.11 Å². The Labute approximate surface area is 153 Å². The monoisotopic (exact) mass is 362 g/mol. The van der Waals surface area contributed by atoms with Gasteiger partial charge in [-0.3, -0.25) is 10.1 Å². The number of phenolic OH excluding ortho intramolecular Hbond substituents is 1. The van der Waals surface area contributed by atoms with Crippen LogP contribution in [-0.4, -0.2) is 31.7 Å². The van der Waals surface area contributed by atoms with Gasteiger partial charge in [0.25, 0.3) is 5.69 Å². The summed E-state index contributed by atoms with van der Waals surface area (Å²) in [6.07, 6.45) is 1.57. The Kier molecular flexibility index (Phi) is 3.92. The van der Waals surface area contributed by atoms with Crippen molar-refractivity contribution in [2.45, 2.75) is 0 Å². The Morgan fingerprint density at radius 3 is 2.59 bits per heavy atom. The molecule has 4 rings (SSSR count). The molecule has 2 aromatic carbocycles. The van der Waals surface area contributed by atoms with Gasteiger partial charge in [-0.1, -0.05) is 0 Å². The number of aromatic hydroxyl groups is 1. The highest BCUT2D eigenvalue weighted by Gasteiger charge is 2.16. The molecule has 0 amide bonds. The lowest BCUT2D eigenvalue weighted by atomic mass is 10.1. The number of hydrogen-bond donors (Lipinski definition) is 1. The Morgan fingerprint density at radius 2 is 1.89 bits per heavy atom. The minimum atomic E-state index is -0.507. The highest BCUT2D eigenvalue weighted by molar-refractivity contribution is 5.73. The van der Waals surface area contributed by atoms with E-state index in [0.717, 1.165) is 11.3 Å². The Balaban J connectivity index is 1.87. The lowest BCUT2D eigenvalue weighted by Crippen LogP contribution is -1.97. The molecule has 134 valence electrons. The zero-order valence-corrected chi connectivity index (χ0v) is 14.2. The van der Waals surface area contributed by atoms with Crippen LogP contribution in [0.25, 0.3) is 28.2 Å². The van der Waals surface area contributed by atoms with E-state index < -0.39 is 4.92 Å². The Bertz CT molecular complexity index is 1150. The first kappa shape index (κ1) is 16.5. The highest BCUT2D eigenvalue weighted by atomic mass is 16.6. The van der Waals surface area contributed by atoms with Crippen LogP contribution >= 0.6 is 0 Å². The van der Waals surface area contributed by atoms with Crippen LogP contribution in [0.4, 0.5) is 5.69 Å². The SMILES string of the molecule is COc1ccc(-c2cc3nccc(-c4cc([N+](=O)[O-])ccc4O)n3n2)cc1. The molecule has 1 N–H and O–H groups in total. The third kappa shape index (κ3) is 2.93. The number of rotatable bonds is 4. The van der Waals surface area contributed by atoms with Gasteiger partial charge in [0.05, 0.1) is 23.4 Å². The van der Waals surface area contributed by atoms with Gasteiger partial charge in [-0.25, -0.2) is 9.50 Å². The lowest BCUT2D eigenvalue weighted by molar-refractivity contribution is -0.384. The Hall–Kier alpha value is -3.94. The van der Waals surface area contributed by atoms with Gasteiger partial charge in [-0.15, -0.1) is 0 Å². The first-order valence-electron chi connectivity index (χ1n) is 8.04. The van der Waals surface area contributed by atoms with E-state index in [1.54, 1.807) is 30.0 Å². The first-order chi connectivity index (χ1) is 13.1. The van der Waals surface area contributed by atoms with E-state index in [1.807, 2.05) is 24.3 Å². The number of non-ortho nitro benzene ring substituents is 1. The van der Waals surface area contributed by atoms with Crippen LogP contribution in [0.15, 0.2) is 60.8 Å². The van der Waals surface area contributed by atoms with Gasteiger partial charge in [-0.05, 0) is 36.4 Å². The van der Waals surface area contributed by atoms with Gasteiger partial charge >= 0.3 is 0 Å². The van der Waals surface area contributed by atoms with E-state index in [0.29, 0.717) is 22.6 Å². The summed E-state index contributed by atoms with van der Waals surface area (Å²) in [6, 6.07) is 14.8. The largest absolute Gasteiger partial charge is 0.507 e. The number of nitrogens with zero attached hydrogens (tertiary/aromatic N) is 4. The molecule has 0 aliphatic heterocycles. The predicted octanol–water partition coefficient (Wildman–Crippen LogP) is 3.69. The first-order valence-corrected chi connectivity index (χ1v) is 8.04. The second-order valence-corrected chi connectivity index (χ2v) is 5.82. The van der Waals surface area contributed by atoms with E-state index in [9.17, 15) is 15.2 Å². The summed E-state index contributed by atoms with van der Waals surface area (Å²) < 4.78 is 6.72. The van der Waals surface area contributed by atoms with E-state index in [1.165, 1.54) is 18.2 Å². The van der Waals surface area contributed by atoms with Crippen LogP contribution in [-0.2, 0) is 0 Å². The molecule has 0 aliphatic carbocycles. The number of aromatic nitrogens is 3. The van der Waals surface area contributed by atoms with Gasteiger partial charge in [0.2, 0.25) is 0 Å². The summed E-state index contributed by atoms with van der Waals surface area (Å²) in [5, 5.41) is 25.9. The van der Waals surface area contributed by atoms with Crippen molar-refractivity contribution in [3.05, 3.63) is 70.9 Å². The van der Waals surface area contributed by atoms with Crippen LogP contribution in [0.1, 0.15) is 0 Å². The smallest absolute Gasteiger partial charge is 0.270 e. The molecule has 0 aliphatic rings. The second kappa shape index (κ2) is 6.41.